The molecular weight excluding hydrogens is 334 g/mol. The molecule has 1 saturated heterocycles. The van der Waals surface area contributed by atoms with Crippen molar-refractivity contribution in [2.75, 3.05) is 18.0 Å². The molecule has 1 aliphatic heterocycles. The molecule has 7 nitrogen and oxygen atoms in total. The van der Waals surface area contributed by atoms with Crippen LogP contribution in [0.25, 0.3) is 0 Å². The second kappa shape index (κ2) is 7.97. The van der Waals surface area contributed by atoms with Crippen molar-refractivity contribution < 1.29 is 14.9 Å². The van der Waals surface area contributed by atoms with Gasteiger partial charge in [-0.05, 0) is 42.9 Å². The number of nitro groups is 1. The van der Waals surface area contributed by atoms with Crippen LogP contribution in [-0.2, 0) is 6.42 Å². The fraction of sp³-hybridized carbons (Fsp3) is 0.316. The lowest BCUT2D eigenvalue weighted by Gasteiger charge is -2.33. The zero-order valence-corrected chi connectivity index (χ0v) is 14.3. The Morgan fingerprint density at radius 2 is 1.88 bits per heavy atom. The number of benzene rings is 2. The highest BCUT2D eigenvalue weighted by Gasteiger charge is 2.26. The monoisotopic (exact) mass is 355 g/mol. The highest BCUT2D eigenvalue weighted by molar-refractivity contribution is 5.95. The van der Waals surface area contributed by atoms with E-state index in [4.69, 9.17) is 5.21 Å². The van der Waals surface area contributed by atoms with Gasteiger partial charge in [-0.15, -0.1) is 0 Å². The normalized spacial score (nSPS) is 14.9. The molecule has 2 aromatic rings. The van der Waals surface area contributed by atoms with E-state index in [-0.39, 0.29) is 11.3 Å². The molecule has 0 aliphatic carbocycles. The maximum absolute atomic E-state index is 11.5. The zero-order valence-electron chi connectivity index (χ0n) is 14.3. The Morgan fingerprint density at radius 3 is 2.50 bits per heavy atom. The minimum Gasteiger partial charge on any atom is -0.366 e. The van der Waals surface area contributed by atoms with E-state index in [9.17, 15) is 14.9 Å². The lowest BCUT2D eigenvalue weighted by molar-refractivity contribution is -0.384. The molecule has 2 N–H and O–H groups in total. The summed E-state index contributed by atoms with van der Waals surface area (Å²) in [5.41, 5.74) is 3.27. The first kappa shape index (κ1) is 17.9. The summed E-state index contributed by atoms with van der Waals surface area (Å²) in [4.78, 5) is 24.4. The van der Waals surface area contributed by atoms with Gasteiger partial charge in [-0.1, -0.05) is 30.3 Å². The summed E-state index contributed by atoms with van der Waals surface area (Å²) >= 11 is 0. The first-order chi connectivity index (χ1) is 12.6. The molecule has 26 heavy (non-hydrogen) atoms. The molecule has 0 atom stereocenters. The number of rotatable bonds is 5. The third kappa shape index (κ3) is 4.00. The van der Waals surface area contributed by atoms with Crippen LogP contribution in [0.3, 0.4) is 0 Å². The number of anilines is 1. The number of carbonyl (C=O) groups is 1. The van der Waals surface area contributed by atoms with Gasteiger partial charge in [0.05, 0.1) is 4.92 Å². The first-order valence-electron chi connectivity index (χ1n) is 8.60. The van der Waals surface area contributed by atoms with Crippen molar-refractivity contribution in [2.45, 2.75) is 19.3 Å². The van der Waals surface area contributed by atoms with Gasteiger partial charge in [0.25, 0.3) is 11.6 Å². The summed E-state index contributed by atoms with van der Waals surface area (Å²) < 4.78 is 0. The number of nitrogens with one attached hydrogen (secondary N) is 1. The van der Waals surface area contributed by atoms with Crippen molar-refractivity contribution in [2.24, 2.45) is 5.92 Å². The number of carbonyl (C=O) groups excluding carboxylic acids is 1. The number of amides is 1. The molecule has 1 aliphatic rings. The molecule has 3 rings (SSSR count). The van der Waals surface area contributed by atoms with Crippen LogP contribution < -0.4 is 10.4 Å². The lowest BCUT2D eigenvalue weighted by atomic mass is 9.90. The Balaban J connectivity index is 1.70. The van der Waals surface area contributed by atoms with Crippen molar-refractivity contribution in [1.82, 2.24) is 5.48 Å². The quantitative estimate of drug-likeness (QED) is 0.488. The number of hydrogen-bond acceptors (Lipinski definition) is 5. The fourth-order valence-electron chi connectivity index (χ4n) is 3.47. The number of hydrogen-bond donors (Lipinski definition) is 2. The van der Waals surface area contributed by atoms with Crippen LogP contribution in [0.2, 0.25) is 0 Å². The van der Waals surface area contributed by atoms with E-state index in [2.05, 4.69) is 12.1 Å². The minimum absolute atomic E-state index is 0.0573. The van der Waals surface area contributed by atoms with Gasteiger partial charge in [-0.25, -0.2) is 5.48 Å². The van der Waals surface area contributed by atoms with Gasteiger partial charge >= 0.3 is 0 Å². The topological polar surface area (TPSA) is 95.7 Å². The molecule has 0 bridgehead atoms. The molecule has 0 unspecified atom stereocenters. The largest absolute Gasteiger partial charge is 0.366 e. The molecule has 1 fully saturated rings. The Labute approximate surface area is 151 Å². The van der Waals surface area contributed by atoms with E-state index < -0.39 is 10.8 Å². The summed E-state index contributed by atoms with van der Waals surface area (Å²) in [5.74, 6) is -0.201. The first-order valence-corrected chi connectivity index (χ1v) is 8.60. The van der Waals surface area contributed by atoms with E-state index in [1.807, 2.05) is 23.1 Å². The maximum Gasteiger partial charge on any atom is 0.293 e. The molecule has 7 heteroatoms. The number of hydroxylamine groups is 1. The van der Waals surface area contributed by atoms with Gasteiger partial charge < -0.3 is 4.90 Å². The average Bonchev–Trinajstić information content (AvgIpc) is 2.68. The summed E-state index contributed by atoms with van der Waals surface area (Å²) in [6.45, 7) is 1.48. The Morgan fingerprint density at radius 1 is 1.19 bits per heavy atom. The van der Waals surface area contributed by atoms with Gasteiger partial charge in [0.2, 0.25) is 0 Å². The van der Waals surface area contributed by atoms with E-state index >= 15 is 0 Å². The Kier molecular flexibility index (Phi) is 5.48. The van der Waals surface area contributed by atoms with E-state index in [0.717, 1.165) is 32.4 Å². The minimum atomic E-state index is -0.763. The number of piperidine rings is 1. The number of nitro benzene ring substituents is 1. The Hall–Kier alpha value is -2.93. The van der Waals surface area contributed by atoms with Crippen LogP contribution >= 0.6 is 0 Å². The van der Waals surface area contributed by atoms with Crippen LogP contribution in [0.5, 0.6) is 0 Å². The average molecular weight is 355 g/mol. The standard InChI is InChI=1S/C19H21N3O4/c23-19(20-24)16-6-7-17(18(13-16)22(25)26)21-10-8-15(9-11-21)12-14-4-2-1-3-5-14/h1-7,13,15,24H,8-12H2,(H,20,23). The second-order valence-electron chi connectivity index (χ2n) is 6.52. The van der Waals surface area contributed by atoms with Crippen LogP contribution in [0.4, 0.5) is 11.4 Å². The highest BCUT2D eigenvalue weighted by atomic mass is 16.6. The van der Waals surface area contributed by atoms with Gasteiger partial charge in [0, 0.05) is 24.7 Å². The van der Waals surface area contributed by atoms with Crippen LogP contribution in [0.15, 0.2) is 48.5 Å². The van der Waals surface area contributed by atoms with Crippen molar-refractivity contribution in [3.8, 4) is 0 Å². The van der Waals surface area contributed by atoms with Gasteiger partial charge in [-0.2, -0.15) is 0 Å². The second-order valence-corrected chi connectivity index (χ2v) is 6.52. The summed E-state index contributed by atoms with van der Waals surface area (Å²) in [6, 6.07) is 14.6. The molecule has 2 aromatic carbocycles. The maximum atomic E-state index is 11.5. The summed E-state index contributed by atoms with van der Waals surface area (Å²) in [5, 5.41) is 20.1. The molecule has 1 heterocycles. The molecule has 136 valence electrons. The van der Waals surface area contributed by atoms with Crippen molar-refractivity contribution >= 4 is 17.3 Å². The summed E-state index contributed by atoms with van der Waals surface area (Å²) in [7, 11) is 0. The molecule has 0 radical (unpaired) electrons. The van der Waals surface area contributed by atoms with Crippen LogP contribution in [0.1, 0.15) is 28.8 Å². The summed E-state index contributed by atoms with van der Waals surface area (Å²) in [6.07, 6.45) is 2.95. The lowest BCUT2D eigenvalue weighted by Crippen LogP contribution is -2.34. The van der Waals surface area contributed by atoms with Crippen LogP contribution in [0, 0.1) is 16.0 Å². The SMILES string of the molecule is O=C(NO)c1ccc(N2CCC(Cc3ccccc3)CC2)c([N+](=O)[O-])c1. The Bertz CT molecular complexity index is 787. The molecule has 0 saturated carbocycles. The molecule has 0 aromatic heterocycles. The number of nitrogens with zero attached hydrogens (tertiary/aromatic N) is 2. The third-order valence-corrected chi connectivity index (χ3v) is 4.86. The van der Waals surface area contributed by atoms with Gasteiger partial charge in [0.1, 0.15) is 5.69 Å². The molecule has 0 spiro atoms. The van der Waals surface area contributed by atoms with E-state index in [1.165, 1.54) is 23.2 Å². The smallest absolute Gasteiger partial charge is 0.293 e. The van der Waals surface area contributed by atoms with E-state index in [1.54, 1.807) is 6.07 Å². The highest BCUT2D eigenvalue weighted by Crippen LogP contribution is 2.33. The third-order valence-electron chi connectivity index (χ3n) is 4.86. The fourth-order valence-corrected chi connectivity index (χ4v) is 3.47. The van der Waals surface area contributed by atoms with E-state index in [0.29, 0.717) is 11.6 Å². The predicted octanol–water partition coefficient (Wildman–Crippen LogP) is 3.17. The molecule has 1 amide bonds. The van der Waals surface area contributed by atoms with Crippen molar-refractivity contribution in [3.05, 3.63) is 69.8 Å². The van der Waals surface area contributed by atoms with Crippen molar-refractivity contribution in [1.29, 1.82) is 0 Å². The van der Waals surface area contributed by atoms with Crippen LogP contribution in [-0.4, -0.2) is 29.1 Å². The zero-order chi connectivity index (χ0) is 18.5. The van der Waals surface area contributed by atoms with Crippen molar-refractivity contribution in [3.63, 3.8) is 0 Å². The molecular formula is C19H21N3O4. The predicted molar refractivity (Wildman–Crippen MR) is 97.4 cm³/mol. The van der Waals surface area contributed by atoms with Gasteiger partial charge in [0.15, 0.2) is 0 Å². The van der Waals surface area contributed by atoms with Gasteiger partial charge in [-0.3, -0.25) is 20.1 Å².